The summed E-state index contributed by atoms with van der Waals surface area (Å²) in [6.07, 6.45) is 3.16. The first-order chi connectivity index (χ1) is 5.38. The zero-order valence-corrected chi connectivity index (χ0v) is 5.74. The van der Waals surface area contributed by atoms with E-state index in [0.29, 0.717) is 11.4 Å². The van der Waals surface area contributed by atoms with Crippen LogP contribution in [-0.2, 0) is 0 Å². The first-order valence-corrected chi connectivity index (χ1v) is 3.28. The monoisotopic (exact) mass is 149 g/mol. The van der Waals surface area contributed by atoms with E-state index in [9.17, 15) is 5.11 Å². The van der Waals surface area contributed by atoms with Crippen molar-refractivity contribution < 1.29 is 9.84 Å². The number of hydrogen-bond acceptors (Lipinski definition) is 3. The summed E-state index contributed by atoms with van der Waals surface area (Å²) in [4.78, 5) is 0. The maximum absolute atomic E-state index is 9.28. The Hall–Kier alpha value is -1.64. The molecule has 0 radical (unpaired) electrons. The second-order valence-corrected chi connectivity index (χ2v) is 2.22. The fraction of sp³-hybridized carbons (Fsp3) is 0. The molecular weight excluding hydrogens is 142 g/mol. The van der Waals surface area contributed by atoms with Crippen LogP contribution in [0.2, 0.25) is 0 Å². The summed E-state index contributed by atoms with van der Waals surface area (Å²) in [5.41, 5.74) is 0.620. The Morgan fingerprint density at radius 2 is 2.27 bits per heavy atom. The Morgan fingerprint density at radius 1 is 1.36 bits per heavy atom. The van der Waals surface area contributed by atoms with E-state index in [1.807, 2.05) is 0 Å². The molecule has 0 fully saturated rings. The minimum absolute atomic E-state index is 0.201. The second kappa shape index (κ2) is 2.20. The summed E-state index contributed by atoms with van der Waals surface area (Å²) < 4.78 is 5.10. The Kier molecular flexibility index (Phi) is 1.22. The average Bonchev–Trinajstić information content (AvgIpc) is 2.06. The summed E-state index contributed by atoms with van der Waals surface area (Å²) in [7, 11) is 0. The van der Waals surface area contributed by atoms with Gasteiger partial charge in [-0.3, -0.25) is 0 Å². The van der Waals surface area contributed by atoms with Crippen molar-refractivity contribution >= 4 is 5.69 Å². The predicted octanol–water partition coefficient (Wildman–Crippen LogP) is 1.67. The molecule has 11 heavy (non-hydrogen) atoms. The van der Waals surface area contributed by atoms with E-state index in [1.54, 1.807) is 24.4 Å². The van der Waals surface area contributed by atoms with Crippen molar-refractivity contribution in [3.05, 3.63) is 30.7 Å². The smallest absolute Gasteiger partial charge is 0.153 e. The van der Waals surface area contributed by atoms with Crippen molar-refractivity contribution in [2.75, 3.05) is 5.32 Å². The number of anilines is 1. The molecule has 0 spiro atoms. The standard InChI is InChI=1S/C8H7NO2/c10-6-2-1-3-7-8(6)9-4-5-11-7/h1-5,9-10H. The zero-order chi connectivity index (χ0) is 7.68. The number of phenolic OH excluding ortho intramolecular Hbond substituents is 1. The van der Waals surface area contributed by atoms with E-state index in [2.05, 4.69) is 5.32 Å². The third-order valence-corrected chi connectivity index (χ3v) is 1.49. The molecule has 0 unspecified atom stereocenters. The van der Waals surface area contributed by atoms with Crippen LogP contribution in [-0.4, -0.2) is 5.11 Å². The molecule has 2 rings (SSSR count). The van der Waals surface area contributed by atoms with Gasteiger partial charge < -0.3 is 15.2 Å². The van der Waals surface area contributed by atoms with Gasteiger partial charge in [-0.05, 0) is 12.1 Å². The first kappa shape index (κ1) is 6.09. The first-order valence-electron chi connectivity index (χ1n) is 3.28. The molecule has 3 nitrogen and oxygen atoms in total. The molecule has 0 aliphatic carbocycles. The molecule has 2 N–H and O–H groups in total. The lowest BCUT2D eigenvalue weighted by Crippen LogP contribution is -1.98. The maximum Gasteiger partial charge on any atom is 0.153 e. The Balaban J connectivity index is 2.54. The number of ether oxygens (including phenoxy) is 1. The molecule has 0 amide bonds. The maximum atomic E-state index is 9.28. The van der Waals surface area contributed by atoms with Crippen molar-refractivity contribution in [1.29, 1.82) is 0 Å². The molecule has 1 aromatic carbocycles. The van der Waals surface area contributed by atoms with Crippen molar-refractivity contribution in [2.24, 2.45) is 0 Å². The molecular formula is C8H7NO2. The van der Waals surface area contributed by atoms with Gasteiger partial charge >= 0.3 is 0 Å². The van der Waals surface area contributed by atoms with Crippen molar-refractivity contribution in [1.82, 2.24) is 0 Å². The number of aromatic hydroxyl groups is 1. The summed E-state index contributed by atoms with van der Waals surface area (Å²) in [5.74, 6) is 0.847. The van der Waals surface area contributed by atoms with Gasteiger partial charge in [-0.25, -0.2) is 0 Å². The molecule has 1 aromatic rings. The molecule has 3 heteroatoms. The quantitative estimate of drug-likeness (QED) is 0.551. The fourth-order valence-electron chi connectivity index (χ4n) is 0.988. The van der Waals surface area contributed by atoms with Crippen LogP contribution in [0.1, 0.15) is 0 Å². The summed E-state index contributed by atoms with van der Waals surface area (Å²) in [6, 6.07) is 5.12. The summed E-state index contributed by atoms with van der Waals surface area (Å²) in [6.45, 7) is 0. The summed E-state index contributed by atoms with van der Waals surface area (Å²) in [5, 5.41) is 12.2. The van der Waals surface area contributed by atoms with E-state index in [-0.39, 0.29) is 5.75 Å². The molecule has 0 bridgehead atoms. The fourth-order valence-corrected chi connectivity index (χ4v) is 0.988. The number of benzene rings is 1. The van der Waals surface area contributed by atoms with Crippen molar-refractivity contribution in [3.63, 3.8) is 0 Å². The van der Waals surface area contributed by atoms with E-state index in [0.717, 1.165) is 0 Å². The SMILES string of the molecule is Oc1cccc2c1NC=CO2. The Labute approximate surface area is 63.9 Å². The van der Waals surface area contributed by atoms with Crippen LogP contribution in [0.15, 0.2) is 30.7 Å². The third-order valence-electron chi connectivity index (χ3n) is 1.49. The number of hydrogen-bond donors (Lipinski definition) is 2. The van der Waals surface area contributed by atoms with Crippen LogP contribution < -0.4 is 10.1 Å². The second-order valence-electron chi connectivity index (χ2n) is 2.22. The van der Waals surface area contributed by atoms with Crippen molar-refractivity contribution in [2.45, 2.75) is 0 Å². The average molecular weight is 149 g/mol. The highest BCUT2D eigenvalue weighted by Crippen LogP contribution is 2.35. The van der Waals surface area contributed by atoms with E-state index >= 15 is 0 Å². The molecule has 0 aromatic heterocycles. The highest BCUT2D eigenvalue weighted by atomic mass is 16.5. The van der Waals surface area contributed by atoms with Crippen LogP contribution >= 0.6 is 0 Å². The van der Waals surface area contributed by atoms with Gasteiger partial charge in [0.2, 0.25) is 0 Å². The topological polar surface area (TPSA) is 41.5 Å². The van der Waals surface area contributed by atoms with Crippen LogP contribution in [0.3, 0.4) is 0 Å². The van der Waals surface area contributed by atoms with Crippen LogP contribution in [0.5, 0.6) is 11.5 Å². The molecule has 1 aliphatic rings. The molecule has 0 saturated carbocycles. The van der Waals surface area contributed by atoms with Gasteiger partial charge in [0.05, 0.1) is 0 Å². The van der Waals surface area contributed by atoms with E-state index < -0.39 is 0 Å². The Bertz CT molecular complexity index is 307. The number of fused-ring (bicyclic) bond motifs is 1. The lowest BCUT2D eigenvalue weighted by molar-refractivity contribution is 0.453. The van der Waals surface area contributed by atoms with E-state index in [1.165, 1.54) is 6.26 Å². The van der Waals surface area contributed by atoms with Gasteiger partial charge in [0.15, 0.2) is 5.75 Å². The number of rotatable bonds is 0. The Morgan fingerprint density at radius 3 is 3.09 bits per heavy atom. The normalized spacial score (nSPS) is 13.1. The lowest BCUT2D eigenvalue weighted by Gasteiger charge is -2.13. The number of para-hydroxylation sites is 1. The predicted molar refractivity (Wildman–Crippen MR) is 41.5 cm³/mol. The van der Waals surface area contributed by atoms with Crippen LogP contribution in [0.4, 0.5) is 5.69 Å². The van der Waals surface area contributed by atoms with Crippen LogP contribution in [0, 0.1) is 0 Å². The van der Waals surface area contributed by atoms with Gasteiger partial charge in [0.1, 0.15) is 17.7 Å². The molecule has 0 atom stereocenters. The van der Waals surface area contributed by atoms with Crippen molar-refractivity contribution in [3.8, 4) is 11.5 Å². The largest absolute Gasteiger partial charge is 0.506 e. The highest BCUT2D eigenvalue weighted by Gasteiger charge is 2.08. The summed E-state index contributed by atoms with van der Waals surface area (Å²) >= 11 is 0. The minimum atomic E-state index is 0.201. The third kappa shape index (κ3) is 0.902. The van der Waals surface area contributed by atoms with E-state index in [4.69, 9.17) is 4.74 Å². The molecule has 1 heterocycles. The van der Waals surface area contributed by atoms with Gasteiger partial charge in [0.25, 0.3) is 0 Å². The zero-order valence-electron chi connectivity index (χ0n) is 5.74. The van der Waals surface area contributed by atoms with Gasteiger partial charge in [-0.1, -0.05) is 6.07 Å². The lowest BCUT2D eigenvalue weighted by atomic mass is 10.2. The highest BCUT2D eigenvalue weighted by molar-refractivity contribution is 5.67. The molecule has 56 valence electrons. The van der Waals surface area contributed by atoms with Gasteiger partial charge in [-0.2, -0.15) is 0 Å². The van der Waals surface area contributed by atoms with Gasteiger partial charge in [0, 0.05) is 6.20 Å². The van der Waals surface area contributed by atoms with Crippen LogP contribution in [0.25, 0.3) is 0 Å². The number of nitrogens with one attached hydrogen (secondary N) is 1. The molecule has 0 saturated heterocycles. The molecule has 1 aliphatic heterocycles. The number of phenols is 1. The minimum Gasteiger partial charge on any atom is -0.506 e. The van der Waals surface area contributed by atoms with Gasteiger partial charge in [-0.15, -0.1) is 0 Å².